The summed E-state index contributed by atoms with van der Waals surface area (Å²) in [5.41, 5.74) is 0.345. The molecule has 12 heteroatoms. The predicted molar refractivity (Wildman–Crippen MR) is 152 cm³/mol. The molecule has 42 heavy (non-hydrogen) atoms. The minimum absolute atomic E-state index is 0.00302. The monoisotopic (exact) mass is 592 g/mol. The number of rotatable bonds is 10. The van der Waals surface area contributed by atoms with Gasteiger partial charge in [0.05, 0.1) is 11.8 Å². The highest BCUT2D eigenvalue weighted by atomic mass is 35.5. The van der Waals surface area contributed by atoms with Crippen LogP contribution in [0, 0.1) is 0 Å². The number of carbonyl (C=O) groups excluding carboxylic acids is 2. The van der Waals surface area contributed by atoms with Gasteiger partial charge in [0, 0.05) is 34.3 Å². The van der Waals surface area contributed by atoms with E-state index in [1.54, 1.807) is 30.3 Å². The molecule has 3 aromatic carbocycles. The maximum Gasteiger partial charge on any atom is 0.453 e. The Morgan fingerprint density at radius 3 is 2.21 bits per heavy atom. The smallest absolute Gasteiger partial charge is 0.453 e. The molecule has 1 aromatic heterocycles. The highest BCUT2D eigenvalue weighted by Gasteiger charge is 2.29. The molecule has 1 heterocycles. The van der Waals surface area contributed by atoms with Crippen LogP contribution in [-0.4, -0.2) is 48.8 Å². The molecule has 1 unspecified atom stereocenters. The van der Waals surface area contributed by atoms with E-state index in [-0.39, 0.29) is 39.4 Å². The summed E-state index contributed by atoms with van der Waals surface area (Å²) in [6, 6.07) is 18.2. The van der Waals surface area contributed by atoms with Crippen LogP contribution in [0.4, 0.5) is 5.69 Å². The number of anilines is 1. The van der Waals surface area contributed by atoms with Crippen molar-refractivity contribution in [1.82, 2.24) is 4.57 Å². The molecule has 0 fully saturated rings. The Hall–Kier alpha value is -4.81. The molecular formula is C30H25ClN2O9. The first kappa shape index (κ1) is 30.2. The van der Waals surface area contributed by atoms with Gasteiger partial charge < -0.3 is 30.5 Å². The lowest BCUT2D eigenvalue weighted by atomic mass is 9.97. The molecule has 0 saturated carbocycles. The van der Waals surface area contributed by atoms with Crippen LogP contribution >= 0.6 is 11.6 Å². The van der Waals surface area contributed by atoms with Gasteiger partial charge in [0.2, 0.25) is 5.91 Å². The van der Waals surface area contributed by atoms with Crippen molar-refractivity contribution in [3.05, 3.63) is 117 Å². The first-order valence-electron chi connectivity index (χ1n) is 12.4. The van der Waals surface area contributed by atoms with Gasteiger partial charge in [0.25, 0.3) is 5.56 Å². The molecule has 216 valence electrons. The summed E-state index contributed by atoms with van der Waals surface area (Å²) in [5.74, 6) is -2.66. The molecule has 5 N–H and O–H groups in total. The number of hydrogen-bond acceptors (Lipinski definition) is 8. The Morgan fingerprint density at radius 2 is 1.62 bits per heavy atom. The molecule has 4 aromatic rings. The number of carboxylic acid groups (broad SMARTS) is 1. The fourth-order valence-corrected chi connectivity index (χ4v) is 4.51. The second-order valence-electron chi connectivity index (χ2n) is 9.30. The number of ketones is 1. The number of carboxylic acids is 1. The second kappa shape index (κ2) is 12.4. The number of hydrogen-bond donors (Lipinski definition) is 5. The number of halogens is 1. The van der Waals surface area contributed by atoms with E-state index in [1.807, 2.05) is 0 Å². The van der Waals surface area contributed by atoms with Gasteiger partial charge in [-0.1, -0.05) is 41.9 Å². The van der Waals surface area contributed by atoms with E-state index in [4.69, 9.17) is 21.4 Å². The van der Waals surface area contributed by atoms with Crippen LogP contribution in [0.2, 0.25) is 5.02 Å². The summed E-state index contributed by atoms with van der Waals surface area (Å²) in [4.78, 5) is 50.7. The van der Waals surface area contributed by atoms with Gasteiger partial charge >= 0.3 is 12.1 Å². The first-order valence-corrected chi connectivity index (χ1v) is 12.8. The molecule has 0 bridgehead atoms. The summed E-state index contributed by atoms with van der Waals surface area (Å²) in [6.45, 7) is 1.28. The van der Waals surface area contributed by atoms with Gasteiger partial charge in [-0.05, 0) is 60.5 Å². The van der Waals surface area contributed by atoms with Crippen molar-refractivity contribution in [2.45, 2.75) is 25.5 Å². The van der Waals surface area contributed by atoms with E-state index in [2.05, 4.69) is 5.32 Å². The predicted octanol–water partition coefficient (Wildman–Crippen LogP) is 3.46. The van der Waals surface area contributed by atoms with Gasteiger partial charge in [-0.2, -0.15) is 0 Å². The topological polar surface area (TPSA) is 175 Å². The SMILES string of the molecule is CC(=O)c1ccc(Cl)cc1-c1cc(=O)n(C(Cc2ccccc2)C(=O)Nc2ccc(C(=O)O)cc2)cc1OC(O)(O)O. The quantitative estimate of drug-likeness (QED) is 0.136. The highest BCUT2D eigenvalue weighted by Crippen LogP contribution is 2.35. The van der Waals surface area contributed by atoms with E-state index in [0.717, 1.165) is 16.8 Å². The molecule has 0 saturated heterocycles. The molecule has 1 atom stereocenters. The van der Waals surface area contributed by atoms with Crippen LogP contribution in [0.1, 0.15) is 39.2 Å². The van der Waals surface area contributed by atoms with Crippen LogP contribution in [0.25, 0.3) is 11.1 Å². The number of nitrogens with zero attached hydrogens (tertiary/aromatic N) is 1. The fourth-order valence-electron chi connectivity index (χ4n) is 4.33. The zero-order valence-corrected chi connectivity index (χ0v) is 22.8. The molecule has 4 rings (SSSR count). The van der Waals surface area contributed by atoms with Gasteiger partial charge in [-0.15, -0.1) is 0 Å². The molecule has 0 spiro atoms. The van der Waals surface area contributed by atoms with Gasteiger partial charge in [-0.3, -0.25) is 19.0 Å². The summed E-state index contributed by atoms with van der Waals surface area (Å²) in [7, 11) is 0. The van der Waals surface area contributed by atoms with Crippen LogP contribution in [0.3, 0.4) is 0 Å². The maximum absolute atomic E-state index is 13.6. The van der Waals surface area contributed by atoms with Gasteiger partial charge in [-0.25, -0.2) is 4.79 Å². The minimum atomic E-state index is -3.69. The third kappa shape index (κ3) is 7.28. The molecule has 11 nitrogen and oxygen atoms in total. The Bertz CT molecular complexity index is 1700. The number of Topliss-reactive ketones (excluding diaryl/α,β-unsaturated/α-hetero) is 1. The second-order valence-corrected chi connectivity index (χ2v) is 9.73. The molecule has 0 aliphatic heterocycles. The van der Waals surface area contributed by atoms with Crippen LogP contribution in [0.15, 0.2) is 89.9 Å². The van der Waals surface area contributed by atoms with Crippen molar-refractivity contribution in [3.8, 4) is 16.9 Å². The average molecular weight is 593 g/mol. The minimum Gasteiger partial charge on any atom is -0.478 e. The highest BCUT2D eigenvalue weighted by molar-refractivity contribution is 6.31. The molecular weight excluding hydrogens is 568 g/mol. The fraction of sp³-hybridized carbons (Fsp3) is 0.133. The van der Waals surface area contributed by atoms with Crippen molar-refractivity contribution < 1.29 is 39.5 Å². The number of aromatic nitrogens is 1. The number of amides is 1. The lowest BCUT2D eigenvalue weighted by molar-refractivity contribution is -0.419. The van der Waals surface area contributed by atoms with Crippen LogP contribution in [-0.2, 0) is 11.2 Å². The van der Waals surface area contributed by atoms with E-state index >= 15 is 0 Å². The van der Waals surface area contributed by atoms with Crippen molar-refractivity contribution in [1.29, 1.82) is 0 Å². The number of aromatic carboxylic acids is 1. The van der Waals surface area contributed by atoms with Crippen molar-refractivity contribution in [3.63, 3.8) is 0 Å². The summed E-state index contributed by atoms with van der Waals surface area (Å²) in [6.07, 6.45) is -2.67. The number of pyridine rings is 1. The first-order chi connectivity index (χ1) is 19.8. The summed E-state index contributed by atoms with van der Waals surface area (Å²) in [5, 5.41) is 41.0. The molecule has 0 aliphatic rings. The van der Waals surface area contributed by atoms with Crippen LogP contribution < -0.4 is 15.6 Å². The zero-order chi connectivity index (χ0) is 30.6. The van der Waals surface area contributed by atoms with Crippen molar-refractivity contribution in [2.24, 2.45) is 0 Å². The number of ether oxygens (including phenoxy) is 1. The Kier molecular flexibility index (Phi) is 8.88. The van der Waals surface area contributed by atoms with Crippen LogP contribution in [0.5, 0.6) is 5.75 Å². The standard InChI is InChI=1S/C30H25ClN2O9/c1-17(34)22-12-9-20(31)14-23(22)24-15-27(35)33(16-26(24)42-30(39,40)41)25(13-18-5-3-2-4-6-18)28(36)32-21-10-7-19(8-11-21)29(37)38/h2-12,14-16,25,39-41H,13H2,1H3,(H,32,36)(H,37,38). The van der Waals surface area contributed by atoms with E-state index in [1.165, 1.54) is 49.4 Å². The summed E-state index contributed by atoms with van der Waals surface area (Å²) < 4.78 is 5.94. The Morgan fingerprint density at radius 1 is 0.952 bits per heavy atom. The Labute approximate surface area is 243 Å². The molecule has 1 amide bonds. The van der Waals surface area contributed by atoms with E-state index in [0.29, 0.717) is 5.56 Å². The third-order valence-electron chi connectivity index (χ3n) is 6.25. The Balaban J connectivity index is 1.86. The lowest BCUT2D eigenvalue weighted by Crippen LogP contribution is -2.37. The number of nitrogens with one attached hydrogen (secondary N) is 1. The molecule has 0 aliphatic carbocycles. The molecule has 0 radical (unpaired) electrons. The number of benzene rings is 3. The summed E-state index contributed by atoms with van der Waals surface area (Å²) >= 11 is 6.15. The maximum atomic E-state index is 13.6. The largest absolute Gasteiger partial charge is 0.478 e. The normalized spacial score (nSPS) is 11.9. The average Bonchev–Trinajstić information content (AvgIpc) is 2.92. The zero-order valence-electron chi connectivity index (χ0n) is 22.0. The van der Waals surface area contributed by atoms with E-state index in [9.17, 15) is 34.5 Å². The number of carbonyl (C=O) groups is 3. The number of aliphatic hydroxyl groups is 3. The van der Waals surface area contributed by atoms with Crippen molar-refractivity contribution >= 4 is 34.9 Å². The van der Waals surface area contributed by atoms with E-state index < -0.39 is 41.2 Å². The van der Waals surface area contributed by atoms with Crippen molar-refractivity contribution in [2.75, 3.05) is 5.32 Å². The van der Waals surface area contributed by atoms with Gasteiger partial charge in [0.1, 0.15) is 6.04 Å². The van der Waals surface area contributed by atoms with Gasteiger partial charge in [0.15, 0.2) is 11.5 Å². The third-order valence-corrected chi connectivity index (χ3v) is 6.49. The lowest BCUT2D eigenvalue weighted by Gasteiger charge is -2.24.